The zero-order valence-electron chi connectivity index (χ0n) is 5.92. The molecule has 1 unspecified atom stereocenters. The Kier molecular flexibility index (Phi) is 1.85. The molecule has 0 aromatic carbocycles. The maximum absolute atomic E-state index is 9.41. The fourth-order valence-corrected chi connectivity index (χ4v) is 1.94. The highest BCUT2D eigenvalue weighted by Gasteiger charge is 2.21. The molecule has 11 heavy (non-hydrogen) atoms. The van der Waals surface area contributed by atoms with Gasteiger partial charge in [-0.2, -0.15) is 0 Å². The normalized spacial score (nSPS) is 21.8. The highest BCUT2D eigenvalue weighted by atomic mass is 127. The predicted octanol–water partition coefficient (Wildman–Crippen LogP) is 1.67. The number of hydrogen-bond donors (Lipinski definition) is 1. The summed E-state index contributed by atoms with van der Waals surface area (Å²) in [6.07, 6.45) is 3.29. The molecule has 1 aromatic heterocycles. The van der Waals surface area contributed by atoms with Crippen LogP contribution in [-0.4, -0.2) is 10.1 Å². The Morgan fingerprint density at radius 2 is 2.45 bits per heavy atom. The molecule has 2 rings (SSSR count). The van der Waals surface area contributed by atoms with Gasteiger partial charge in [0, 0.05) is 9.77 Å². The van der Waals surface area contributed by atoms with Crippen molar-refractivity contribution in [1.82, 2.24) is 4.98 Å². The van der Waals surface area contributed by atoms with Crippen LogP contribution in [0.15, 0.2) is 12.3 Å². The van der Waals surface area contributed by atoms with Crippen molar-refractivity contribution in [3.63, 3.8) is 0 Å². The van der Waals surface area contributed by atoms with Gasteiger partial charge in [-0.1, -0.05) is 0 Å². The number of aliphatic hydroxyl groups excluding tert-OH is 1. The van der Waals surface area contributed by atoms with Crippen LogP contribution in [-0.2, 0) is 6.42 Å². The van der Waals surface area contributed by atoms with Gasteiger partial charge in [0.25, 0.3) is 0 Å². The van der Waals surface area contributed by atoms with Crippen molar-refractivity contribution in [3.05, 3.63) is 27.1 Å². The van der Waals surface area contributed by atoms with E-state index in [9.17, 15) is 5.11 Å². The zero-order valence-corrected chi connectivity index (χ0v) is 8.08. The number of aryl methyl sites for hydroxylation is 1. The van der Waals surface area contributed by atoms with E-state index in [4.69, 9.17) is 0 Å². The van der Waals surface area contributed by atoms with Gasteiger partial charge in [-0.25, -0.2) is 0 Å². The lowest BCUT2D eigenvalue weighted by Gasteiger charge is -2.01. The van der Waals surface area contributed by atoms with Crippen LogP contribution in [0.5, 0.6) is 0 Å². The van der Waals surface area contributed by atoms with Crippen LogP contribution in [0.2, 0.25) is 0 Å². The highest BCUT2D eigenvalue weighted by Crippen LogP contribution is 2.29. The van der Waals surface area contributed by atoms with Crippen LogP contribution < -0.4 is 0 Å². The number of fused-ring (bicyclic) bond motifs is 1. The molecule has 0 aliphatic heterocycles. The summed E-state index contributed by atoms with van der Waals surface area (Å²) in [5, 5.41) is 9.41. The second-order valence-corrected chi connectivity index (χ2v) is 4.00. The van der Waals surface area contributed by atoms with Crippen molar-refractivity contribution in [2.75, 3.05) is 0 Å². The van der Waals surface area contributed by atoms with E-state index < -0.39 is 0 Å². The van der Waals surface area contributed by atoms with E-state index in [1.54, 1.807) is 6.20 Å². The van der Waals surface area contributed by atoms with Gasteiger partial charge in [0.15, 0.2) is 0 Å². The van der Waals surface area contributed by atoms with Gasteiger partial charge in [0.1, 0.15) is 0 Å². The third kappa shape index (κ3) is 1.27. The van der Waals surface area contributed by atoms with E-state index in [2.05, 4.69) is 33.6 Å². The second kappa shape index (κ2) is 2.71. The third-order valence-corrected chi connectivity index (χ3v) is 2.56. The van der Waals surface area contributed by atoms with Gasteiger partial charge >= 0.3 is 0 Å². The summed E-state index contributed by atoms with van der Waals surface area (Å²) in [5.41, 5.74) is 2.09. The average Bonchev–Trinajstić information content (AvgIpc) is 2.32. The molecule has 0 spiro atoms. The van der Waals surface area contributed by atoms with Crippen molar-refractivity contribution in [3.8, 4) is 0 Å². The Balaban J connectivity index is 2.50. The number of rotatable bonds is 0. The number of halogens is 1. The van der Waals surface area contributed by atoms with E-state index >= 15 is 0 Å². The maximum atomic E-state index is 9.41. The largest absolute Gasteiger partial charge is 0.387 e. The summed E-state index contributed by atoms with van der Waals surface area (Å²) in [6, 6.07) is 2.10. The maximum Gasteiger partial charge on any atom is 0.0965 e. The Hall–Kier alpha value is -0.160. The standard InChI is InChI=1S/C8H8INO/c9-6-3-5-1-2-7(11)8(5)10-4-6/h3-4,7,11H,1-2H2. The number of pyridine rings is 1. The summed E-state index contributed by atoms with van der Waals surface area (Å²) in [7, 11) is 0. The van der Waals surface area contributed by atoms with Crippen LogP contribution in [0, 0.1) is 3.57 Å². The molecule has 2 nitrogen and oxygen atoms in total. The van der Waals surface area contributed by atoms with E-state index in [0.717, 1.165) is 22.1 Å². The SMILES string of the molecule is OC1CCc2cc(I)cnc21. The summed E-state index contributed by atoms with van der Waals surface area (Å²) in [5.74, 6) is 0. The topological polar surface area (TPSA) is 33.1 Å². The minimum atomic E-state index is -0.318. The van der Waals surface area contributed by atoms with Gasteiger partial charge in [0.05, 0.1) is 11.8 Å². The molecule has 0 saturated heterocycles. The van der Waals surface area contributed by atoms with Gasteiger partial charge in [-0.15, -0.1) is 0 Å². The Morgan fingerprint density at radius 1 is 1.64 bits per heavy atom. The molecule has 0 saturated carbocycles. The van der Waals surface area contributed by atoms with Gasteiger partial charge in [-0.05, 0) is 47.1 Å². The fourth-order valence-electron chi connectivity index (χ4n) is 1.42. The average molecular weight is 261 g/mol. The lowest BCUT2D eigenvalue weighted by atomic mass is 10.2. The Bertz CT molecular complexity index is 287. The van der Waals surface area contributed by atoms with Crippen molar-refractivity contribution >= 4 is 22.6 Å². The monoisotopic (exact) mass is 261 g/mol. The third-order valence-electron chi connectivity index (χ3n) is 1.97. The minimum absolute atomic E-state index is 0.318. The van der Waals surface area contributed by atoms with Crippen LogP contribution in [0.25, 0.3) is 0 Å². The van der Waals surface area contributed by atoms with Crippen molar-refractivity contribution in [1.29, 1.82) is 0 Å². The summed E-state index contributed by atoms with van der Waals surface area (Å²) in [4.78, 5) is 4.18. The first-order chi connectivity index (χ1) is 5.27. The van der Waals surface area contributed by atoms with E-state index in [1.165, 1.54) is 5.56 Å². The summed E-state index contributed by atoms with van der Waals surface area (Å²) in [6.45, 7) is 0. The molecular weight excluding hydrogens is 253 g/mol. The molecule has 58 valence electrons. The molecule has 1 aliphatic carbocycles. The van der Waals surface area contributed by atoms with Crippen LogP contribution in [0.4, 0.5) is 0 Å². The minimum Gasteiger partial charge on any atom is -0.387 e. The Labute approximate surface area is 78.8 Å². The van der Waals surface area contributed by atoms with E-state index in [1.807, 2.05) is 0 Å². The first kappa shape index (κ1) is 7.49. The lowest BCUT2D eigenvalue weighted by molar-refractivity contribution is 0.176. The van der Waals surface area contributed by atoms with Crippen molar-refractivity contribution in [2.24, 2.45) is 0 Å². The van der Waals surface area contributed by atoms with Gasteiger partial charge in [0.2, 0.25) is 0 Å². The number of aromatic nitrogens is 1. The summed E-state index contributed by atoms with van der Waals surface area (Å²) < 4.78 is 1.15. The number of nitrogens with zero attached hydrogens (tertiary/aromatic N) is 1. The molecular formula is C8H8INO. The molecule has 1 N–H and O–H groups in total. The molecule has 3 heteroatoms. The highest BCUT2D eigenvalue weighted by molar-refractivity contribution is 14.1. The van der Waals surface area contributed by atoms with Crippen LogP contribution in [0.3, 0.4) is 0 Å². The summed E-state index contributed by atoms with van der Waals surface area (Å²) >= 11 is 2.24. The molecule has 0 fully saturated rings. The number of hydrogen-bond acceptors (Lipinski definition) is 2. The van der Waals surface area contributed by atoms with Crippen LogP contribution >= 0.6 is 22.6 Å². The van der Waals surface area contributed by atoms with E-state index in [0.29, 0.717) is 0 Å². The number of aliphatic hydroxyl groups is 1. The van der Waals surface area contributed by atoms with Crippen molar-refractivity contribution in [2.45, 2.75) is 18.9 Å². The molecule has 0 amide bonds. The van der Waals surface area contributed by atoms with E-state index in [-0.39, 0.29) is 6.10 Å². The fraction of sp³-hybridized carbons (Fsp3) is 0.375. The first-order valence-electron chi connectivity index (χ1n) is 3.60. The van der Waals surface area contributed by atoms with Gasteiger partial charge in [-0.3, -0.25) is 4.98 Å². The predicted molar refractivity (Wildman–Crippen MR) is 50.2 cm³/mol. The van der Waals surface area contributed by atoms with Gasteiger partial charge < -0.3 is 5.11 Å². The smallest absolute Gasteiger partial charge is 0.0965 e. The van der Waals surface area contributed by atoms with Crippen molar-refractivity contribution < 1.29 is 5.11 Å². The zero-order chi connectivity index (χ0) is 7.84. The first-order valence-corrected chi connectivity index (χ1v) is 4.67. The molecule has 1 aromatic rings. The molecule has 1 aliphatic rings. The lowest BCUT2D eigenvalue weighted by Crippen LogP contribution is -1.94. The molecule has 1 atom stereocenters. The molecule has 1 heterocycles. The second-order valence-electron chi connectivity index (χ2n) is 2.75. The Morgan fingerprint density at radius 3 is 3.27 bits per heavy atom. The molecule has 0 bridgehead atoms. The quantitative estimate of drug-likeness (QED) is 0.720. The molecule has 0 radical (unpaired) electrons. The van der Waals surface area contributed by atoms with Crippen LogP contribution in [0.1, 0.15) is 23.8 Å².